The smallest absolute Gasteiger partial charge is 0.220 e. The Kier molecular flexibility index (Phi) is 3.05. The highest BCUT2D eigenvalue weighted by Crippen LogP contribution is 2.37. The van der Waals surface area contributed by atoms with Crippen LogP contribution in [0.3, 0.4) is 0 Å². The number of benzene rings is 1. The minimum Gasteiger partial charge on any atom is -0.504 e. The van der Waals surface area contributed by atoms with Crippen molar-refractivity contribution < 1.29 is 14.6 Å². The first-order valence-electron chi connectivity index (χ1n) is 4.95. The van der Waals surface area contributed by atoms with Crippen molar-refractivity contribution in [2.75, 3.05) is 13.7 Å². The Morgan fingerprint density at radius 1 is 1.56 bits per heavy atom. The van der Waals surface area contributed by atoms with Crippen molar-refractivity contribution in [3.8, 4) is 11.5 Å². The zero-order valence-electron chi connectivity index (χ0n) is 8.79. The summed E-state index contributed by atoms with van der Waals surface area (Å²) in [4.78, 5) is 11.2. The molecule has 1 aliphatic rings. The number of hydrogen-bond acceptors (Lipinski definition) is 3. The maximum absolute atomic E-state index is 11.2. The van der Waals surface area contributed by atoms with Crippen LogP contribution in [0.25, 0.3) is 0 Å². The van der Waals surface area contributed by atoms with E-state index in [9.17, 15) is 9.90 Å². The van der Waals surface area contributed by atoms with Gasteiger partial charge in [-0.2, -0.15) is 0 Å². The van der Waals surface area contributed by atoms with Gasteiger partial charge in [0.15, 0.2) is 11.5 Å². The van der Waals surface area contributed by atoms with E-state index in [0.717, 1.165) is 10.0 Å². The van der Waals surface area contributed by atoms with Gasteiger partial charge in [-0.05, 0) is 17.7 Å². The molecule has 1 saturated heterocycles. The average molecular weight is 286 g/mol. The second-order valence-electron chi connectivity index (χ2n) is 3.75. The van der Waals surface area contributed by atoms with E-state index in [1.165, 1.54) is 7.11 Å². The summed E-state index contributed by atoms with van der Waals surface area (Å²) in [6, 6.07) is 3.36. The Morgan fingerprint density at radius 2 is 2.31 bits per heavy atom. The minimum absolute atomic E-state index is 0.0592. The summed E-state index contributed by atoms with van der Waals surface area (Å²) in [7, 11) is 1.50. The van der Waals surface area contributed by atoms with E-state index in [0.29, 0.717) is 18.7 Å². The number of phenols is 1. The third kappa shape index (κ3) is 2.00. The number of ether oxygens (including phenoxy) is 1. The summed E-state index contributed by atoms with van der Waals surface area (Å²) in [5, 5.41) is 12.4. The predicted molar refractivity (Wildman–Crippen MR) is 62.7 cm³/mol. The van der Waals surface area contributed by atoms with Gasteiger partial charge in [0, 0.05) is 23.4 Å². The van der Waals surface area contributed by atoms with Crippen molar-refractivity contribution >= 4 is 21.8 Å². The van der Waals surface area contributed by atoms with Crippen LogP contribution in [0.15, 0.2) is 16.6 Å². The second kappa shape index (κ2) is 4.33. The van der Waals surface area contributed by atoms with Crippen LogP contribution in [-0.4, -0.2) is 24.7 Å². The van der Waals surface area contributed by atoms with Gasteiger partial charge in [-0.3, -0.25) is 4.79 Å². The zero-order chi connectivity index (χ0) is 11.7. The topological polar surface area (TPSA) is 58.6 Å². The van der Waals surface area contributed by atoms with Crippen LogP contribution in [0.5, 0.6) is 11.5 Å². The Hall–Kier alpha value is -1.23. The lowest BCUT2D eigenvalue weighted by Crippen LogP contribution is -2.13. The number of aromatic hydroxyl groups is 1. The molecule has 1 unspecified atom stereocenters. The van der Waals surface area contributed by atoms with Gasteiger partial charge in [-0.1, -0.05) is 15.9 Å². The fourth-order valence-electron chi connectivity index (χ4n) is 1.86. The van der Waals surface area contributed by atoms with Gasteiger partial charge in [0.25, 0.3) is 0 Å². The molecule has 16 heavy (non-hydrogen) atoms. The molecule has 0 saturated carbocycles. The van der Waals surface area contributed by atoms with E-state index in [1.807, 2.05) is 0 Å². The third-order valence-corrected chi connectivity index (χ3v) is 3.40. The van der Waals surface area contributed by atoms with Crippen LogP contribution >= 0.6 is 15.9 Å². The second-order valence-corrected chi connectivity index (χ2v) is 4.61. The van der Waals surface area contributed by atoms with Crippen molar-refractivity contribution in [3.05, 3.63) is 22.2 Å². The van der Waals surface area contributed by atoms with E-state index in [1.54, 1.807) is 12.1 Å². The monoisotopic (exact) mass is 285 g/mol. The Morgan fingerprint density at radius 3 is 2.88 bits per heavy atom. The standard InChI is InChI=1S/C11H12BrNO3/c1-16-10-3-7(8(12)4-9(10)14)6-2-11(15)13-5-6/h3-4,6,14H,2,5H2,1H3,(H,13,15). The van der Waals surface area contributed by atoms with E-state index in [-0.39, 0.29) is 17.6 Å². The summed E-state index contributed by atoms with van der Waals surface area (Å²) in [5.41, 5.74) is 0.980. The number of carbonyl (C=O) groups excluding carboxylic acids is 1. The summed E-state index contributed by atoms with van der Waals surface area (Å²) in [6.45, 7) is 0.630. The minimum atomic E-state index is 0.0592. The molecule has 1 fully saturated rings. The largest absolute Gasteiger partial charge is 0.504 e. The summed E-state index contributed by atoms with van der Waals surface area (Å²) in [5.74, 6) is 0.716. The van der Waals surface area contributed by atoms with Crippen LogP contribution in [-0.2, 0) is 4.79 Å². The van der Waals surface area contributed by atoms with Crippen molar-refractivity contribution in [1.29, 1.82) is 0 Å². The average Bonchev–Trinajstić information content (AvgIpc) is 2.65. The van der Waals surface area contributed by atoms with E-state index in [2.05, 4.69) is 21.2 Å². The molecule has 1 amide bonds. The number of phenolic OH excluding ortho intramolecular Hbond substituents is 1. The summed E-state index contributed by atoms with van der Waals surface area (Å²) in [6.07, 6.45) is 0.479. The number of nitrogens with one attached hydrogen (secondary N) is 1. The van der Waals surface area contributed by atoms with Gasteiger partial charge in [0.05, 0.1) is 7.11 Å². The van der Waals surface area contributed by atoms with Crippen LogP contribution in [0, 0.1) is 0 Å². The number of rotatable bonds is 2. The maximum atomic E-state index is 11.2. The first-order chi connectivity index (χ1) is 7.61. The first kappa shape index (κ1) is 11.3. The molecule has 1 aliphatic heterocycles. The molecule has 4 nitrogen and oxygen atoms in total. The van der Waals surface area contributed by atoms with Crippen LogP contribution in [0.1, 0.15) is 17.9 Å². The van der Waals surface area contributed by atoms with Gasteiger partial charge < -0.3 is 15.2 Å². The number of amides is 1. The van der Waals surface area contributed by atoms with Crippen LogP contribution in [0.4, 0.5) is 0 Å². The lowest BCUT2D eigenvalue weighted by molar-refractivity contribution is -0.119. The molecule has 2 rings (SSSR count). The summed E-state index contributed by atoms with van der Waals surface area (Å²) >= 11 is 3.39. The SMILES string of the molecule is COc1cc(C2CNC(=O)C2)c(Br)cc1O. The quantitative estimate of drug-likeness (QED) is 0.871. The highest BCUT2D eigenvalue weighted by atomic mass is 79.9. The molecule has 2 N–H and O–H groups in total. The molecular formula is C11H12BrNO3. The lowest BCUT2D eigenvalue weighted by Gasteiger charge is -2.13. The molecule has 0 spiro atoms. The van der Waals surface area contributed by atoms with Gasteiger partial charge in [0.2, 0.25) is 5.91 Å². The number of carbonyl (C=O) groups is 1. The molecule has 5 heteroatoms. The highest BCUT2D eigenvalue weighted by molar-refractivity contribution is 9.10. The number of hydrogen-bond donors (Lipinski definition) is 2. The molecule has 1 aromatic rings. The van der Waals surface area contributed by atoms with Crippen molar-refractivity contribution in [2.24, 2.45) is 0 Å². The summed E-state index contributed by atoms with van der Waals surface area (Å²) < 4.78 is 5.85. The molecule has 0 bridgehead atoms. The fourth-order valence-corrected chi connectivity index (χ4v) is 2.52. The van der Waals surface area contributed by atoms with Gasteiger partial charge >= 0.3 is 0 Å². The van der Waals surface area contributed by atoms with Crippen LogP contribution in [0.2, 0.25) is 0 Å². The third-order valence-electron chi connectivity index (χ3n) is 2.72. The van der Waals surface area contributed by atoms with E-state index in [4.69, 9.17) is 4.74 Å². The Labute approximate surface area is 102 Å². The normalized spacial score (nSPS) is 19.6. The van der Waals surface area contributed by atoms with E-state index >= 15 is 0 Å². The maximum Gasteiger partial charge on any atom is 0.220 e. The molecule has 0 aromatic heterocycles. The molecular weight excluding hydrogens is 274 g/mol. The predicted octanol–water partition coefficient (Wildman–Crippen LogP) is 1.77. The molecule has 1 heterocycles. The van der Waals surface area contributed by atoms with Crippen molar-refractivity contribution in [3.63, 3.8) is 0 Å². The molecule has 1 atom stereocenters. The number of methoxy groups -OCH3 is 1. The Bertz CT molecular complexity index is 433. The fraction of sp³-hybridized carbons (Fsp3) is 0.364. The molecule has 86 valence electrons. The van der Waals surface area contributed by atoms with Gasteiger partial charge in [-0.15, -0.1) is 0 Å². The zero-order valence-corrected chi connectivity index (χ0v) is 10.4. The molecule has 0 aliphatic carbocycles. The highest BCUT2D eigenvalue weighted by Gasteiger charge is 2.25. The van der Waals surface area contributed by atoms with Crippen molar-refractivity contribution in [1.82, 2.24) is 5.32 Å². The number of halogens is 1. The lowest BCUT2D eigenvalue weighted by atomic mass is 9.98. The Balaban J connectivity index is 2.36. The van der Waals surface area contributed by atoms with Gasteiger partial charge in [0.1, 0.15) is 0 Å². The molecule has 0 radical (unpaired) electrons. The van der Waals surface area contributed by atoms with Crippen LogP contribution < -0.4 is 10.1 Å². The van der Waals surface area contributed by atoms with Crippen molar-refractivity contribution in [2.45, 2.75) is 12.3 Å². The molecule has 1 aromatic carbocycles. The first-order valence-corrected chi connectivity index (χ1v) is 5.74. The van der Waals surface area contributed by atoms with E-state index < -0.39 is 0 Å². The van der Waals surface area contributed by atoms with Gasteiger partial charge in [-0.25, -0.2) is 0 Å².